The number of piperazine rings is 1. The number of carbonyl (C=O) groups is 3. The topological polar surface area (TPSA) is 81.8 Å². The Kier molecular flexibility index (Phi) is 6.63. The molecule has 0 bridgehead atoms. The van der Waals surface area contributed by atoms with Crippen LogP contribution in [0, 0.1) is 12.3 Å². The van der Waals surface area contributed by atoms with Gasteiger partial charge >= 0.3 is 6.03 Å². The van der Waals surface area contributed by atoms with Gasteiger partial charge in [-0.15, -0.1) is 0 Å². The Hall–Kier alpha value is -3.35. The second-order valence-corrected chi connectivity index (χ2v) is 8.86. The van der Waals surface area contributed by atoms with Crippen LogP contribution in [0.1, 0.15) is 36.7 Å². The van der Waals surface area contributed by atoms with Crippen LogP contribution in [-0.4, -0.2) is 53.8 Å². The van der Waals surface area contributed by atoms with Crippen LogP contribution in [0.2, 0.25) is 0 Å². The minimum absolute atomic E-state index is 0.106. The molecule has 0 aromatic heterocycles. The Morgan fingerprint density at radius 1 is 0.806 bits per heavy atom. The summed E-state index contributed by atoms with van der Waals surface area (Å²) in [5.74, 6) is -0.212. The minimum Gasteiger partial charge on any atom is -0.335 e. The third-order valence-electron chi connectivity index (χ3n) is 5.17. The molecule has 2 N–H and O–H groups in total. The Bertz CT molecular complexity index is 973. The summed E-state index contributed by atoms with van der Waals surface area (Å²) in [6, 6.07) is 14.5. The van der Waals surface area contributed by atoms with Crippen LogP contribution >= 0.6 is 0 Å². The molecular formula is C24H30N4O3. The van der Waals surface area contributed by atoms with Gasteiger partial charge in [0.25, 0.3) is 5.91 Å². The lowest BCUT2D eigenvalue weighted by Gasteiger charge is -2.34. The Labute approximate surface area is 183 Å². The molecule has 0 unspecified atom stereocenters. The molecule has 1 heterocycles. The second kappa shape index (κ2) is 9.20. The summed E-state index contributed by atoms with van der Waals surface area (Å²) in [5, 5.41) is 5.77. The van der Waals surface area contributed by atoms with Crippen LogP contribution in [0.15, 0.2) is 48.5 Å². The van der Waals surface area contributed by atoms with Crippen molar-refractivity contribution in [1.29, 1.82) is 0 Å². The fourth-order valence-corrected chi connectivity index (χ4v) is 3.27. The number of aryl methyl sites for hydroxylation is 1. The average Bonchev–Trinajstić information content (AvgIpc) is 2.73. The van der Waals surface area contributed by atoms with Gasteiger partial charge in [-0.05, 0) is 42.8 Å². The molecule has 0 spiro atoms. The highest BCUT2D eigenvalue weighted by Gasteiger charge is 2.26. The van der Waals surface area contributed by atoms with Crippen molar-refractivity contribution in [3.63, 3.8) is 0 Å². The SMILES string of the molecule is Cc1cccc(NC(=O)N2CCN(C(=O)c3cccc(NC(=O)C(C)(C)C)c3)CC2)c1. The van der Waals surface area contributed by atoms with Gasteiger partial charge in [0, 0.05) is 48.5 Å². The van der Waals surface area contributed by atoms with E-state index in [0.717, 1.165) is 11.3 Å². The smallest absolute Gasteiger partial charge is 0.321 e. The quantitative estimate of drug-likeness (QED) is 0.785. The Balaban J connectivity index is 1.57. The van der Waals surface area contributed by atoms with Crippen LogP contribution in [0.3, 0.4) is 0 Å². The zero-order valence-corrected chi connectivity index (χ0v) is 18.6. The predicted molar refractivity (Wildman–Crippen MR) is 122 cm³/mol. The third kappa shape index (κ3) is 5.84. The first-order chi connectivity index (χ1) is 14.6. The molecule has 1 fully saturated rings. The minimum atomic E-state index is -0.518. The number of rotatable bonds is 3. The van der Waals surface area contributed by atoms with Crippen LogP contribution in [0.4, 0.5) is 16.2 Å². The van der Waals surface area contributed by atoms with E-state index in [0.29, 0.717) is 37.4 Å². The number of urea groups is 1. The third-order valence-corrected chi connectivity index (χ3v) is 5.17. The van der Waals surface area contributed by atoms with Gasteiger partial charge in [0.2, 0.25) is 5.91 Å². The molecule has 4 amide bonds. The van der Waals surface area contributed by atoms with Crippen LogP contribution < -0.4 is 10.6 Å². The zero-order valence-electron chi connectivity index (χ0n) is 18.6. The van der Waals surface area contributed by atoms with Crippen molar-refractivity contribution in [2.75, 3.05) is 36.8 Å². The Morgan fingerprint density at radius 2 is 1.39 bits per heavy atom. The van der Waals surface area contributed by atoms with Gasteiger partial charge < -0.3 is 20.4 Å². The maximum absolute atomic E-state index is 12.9. The number of hydrogen-bond donors (Lipinski definition) is 2. The van der Waals surface area contributed by atoms with Gasteiger partial charge in [0.1, 0.15) is 0 Å². The molecule has 164 valence electrons. The highest BCUT2D eigenvalue weighted by molar-refractivity contribution is 5.98. The Morgan fingerprint density at radius 3 is 2.00 bits per heavy atom. The molecule has 1 aliphatic rings. The molecule has 3 rings (SSSR count). The fraction of sp³-hybridized carbons (Fsp3) is 0.375. The van der Waals surface area contributed by atoms with Gasteiger partial charge in [-0.1, -0.05) is 39.0 Å². The molecule has 0 radical (unpaired) electrons. The summed E-state index contributed by atoms with van der Waals surface area (Å²) in [5.41, 5.74) is 2.44. The monoisotopic (exact) mass is 422 g/mol. The van der Waals surface area contributed by atoms with Gasteiger partial charge in [-0.25, -0.2) is 4.79 Å². The predicted octanol–water partition coefficient (Wildman–Crippen LogP) is 3.97. The number of carbonyl (C=O) groups excluding carboxylic acids is 3. The number of amides is 4. The number of benzene rings is 2. The standard InChI is InChI=1S/C24H30N4O3/c1-17-7-5-9-19(15-17)26-23(31)28-13-11-27(12-14-28)21(29)18-8-6-10-20(16-18)25-22(30)24(2,3)4/h5-10,15-16H,11-14H2,1-4H3,(H,25,30)(H,26,31). The molecule has 7 heteroatoms. The maximum Gasteiger partial charge on any atom is 0.321 e. The lowest BCUT2D eigenvalue weighted by Crippen LogP contribution is -2.51. The first-order valence-corrected chi connectivity index (χ1v) is 10.5. The number of hydrogen-bond acceptors (Lipinski definition) is 3. The zero-order chi connectivity index (χ0) is 22.6. The van der Waals surface area contributed by atoms with Crippen molar-refractivity contribution >= 4 is 29.2 Å². The molecule has 1 aliphatic heterocycles. The second-order valence-electron chi connectivity index (χ2n) is 8.86. The fourth-order valence-electron chi connectivity index (χ4n) is 3.27. The van der Waals surface area contributed by atoms with Crippen LogP contribution in [0.5, 0.6) is 0 Å². The van der Waals surface area contributed by atoms with Crippen molar-refractivity contribution in [2.45, 2.75) is 27.7 Å². The highest BCUT2D eigenvalue weighted by Crippen LogP contribution is 2.19. The molecule has 0 aliphatic carbocycles. The lowest BCUT2D eigenvalue weighted by molar-refractivity contribution is -0.123. The van der Waals surface area contributed by atoms with E-state index in [-0.39, 0.29) is 17.8 Å². The molecule has 0 atom stereocenters. The normalized spacial score (nSPS) is 14.2. The summed E-state index contributed by atoms with van der Waals surface area (Å²) in [7, 11) is 0. The lowest BCUT2D eigenvalue weighted by atomic mass is 9.95. The molecule has 1 saturated heterocycles. The maximum atomic E-state index is 12.9. The average molecular weight is 423 g/mol. The van der Waals surface area contributed by atoms with E-state index in [1.165, 1.54) is 0 Å². The molecule has 2 aromatic rings. The van der Waals surface area contributed by atoms with Crippen molar-refractivity contribution in [3.05, 3.63) is 59.7 Å². The van der Waals surface area contributed by atoms with Gasteiger partial charge in [0.05, 0.1) is 0 Å². The van der Waals surface area contributed by atoms with Crippen molar-refractivity contribution in [3.8, 4) is 0 Å². The highest BCUT2D eigenvalue weighted by atomic mass is 16.2. The molecule has 2 aromatic carbocycles. The summed E-state index contributed by atoms with van der Waals surface area (Å²) >= 11 is 0. The molecule has 31 heavy (non-hydrogen) atoms. The summed E-state index contributed by atoms with van der Waals surface area (Å²) < 4.78 is 0. The number of anilines is 2. The first kappa shape index (κ1) is 22.3. The van der Waals surface area contributed by atoms with Crippen molar-refractivity contribution in [2.24, 2.45) is 5.41 Å². The molecule has 7 nitrogen and oxygen atoms in total. The number of nitrogens with one attached hydrogen (secondary N) is 2. The van der Waals surface area contributed by atoms with Crippen LogP contribution in [0.25, 0.3) is 0 Å². The van der Waals surface area contributed by atoms with E-state index in [2.05, 4.69) is 10.6 Å². The van der Waals surface area contributed by atoms with E-state index < -0.39 is 5.41 Å². The van der Waals surface area contributed by atoms with Gasteiger partial charge in [-0.2, -0.15) is 0 Å². The van der Waals surface area contributed by atoms with E-state index in [4.69, 9.17) is 0 Å². The number of nitrogens with zero attached hydrogens (tertiary/aromatic N) is 2. The summed E-state index contributed by atoms with van der Waals surface area (Å²) in [6.45, 7) is 9.33. The van der Waals surface area contributed by atoms with Crippen molar-refractivity contribution in [1.82, 2.24) is 9.80 Å². The summed E-state index contributed by atoms with van der Waals surface area (Å²) in [4.78, 5) is 41.1. The van der Waals surface area contributed by atoms with Crippen LogP contribution in [-0.2, 0) is 4.79 Å². The largest absolute Gasteiger partial charge is 0.335 e. The van der Waals surface area contributed by atoms with E-state index in [1.807, 2.05) is 52.0 Å². The van der Waals surface area contributed by atoms with Gasteiger partial charge in [0.15, 0.2) is 0 Å². The van der Waals surface area contributed by atoms with E-state index in [9.17, 15) is 14.4 Å². The molecular weight excluding hydrogens is 392 g/mol. The molecule has 0 saturated carbocycles. The van der Waals surface area contributed by atoms with E-state index >= 15 is 0 Å². The summed E-state index contributed by atoms with van der Waals surface area (Å²) in [6.07, 6.45) is 0. The van der Waals surface area contributed by atoms with E-state index in [1.54, 1.807) is 34.1 Å². The first-order valence-electron chi connectivity index (χ1n) is 10.5. The van der Waals surface area contributed by atoms with Crippen molar-refractivity contribution < 1.29 is 14.4 Å². The van der Waals surface area contributed by atoms with Gasteiger partial charge in [-0.3, -0.25) is 9.59 Å².